The molecule has 1 N–H and O–H groups in total. The van der Waals surface area contributed by atoms with Crippen LogP contribution in [0.1, 0.15) is 40.5 Å². The van der Waals surface area contributed by atoms with E-state index in [4.69, 9.17) is 13.9 Å². The van der Waals surface area contributed by atoms with E-state index in [0.29, 0.717) is 19.4 Å². The molecule has 136 valence electrons. The molecule has 0 amide bonds. The third-order valence-electron chi connectivity index (χ3n) is 7.62. The topological polar surface area (TPSA) is 68.3 Å². The van der Waals surface area contributed by atoms with Gasteiger partial charge in [0, 0.05) is 24.2 Å². The molecule has 6 heteroatoms. The monoisotopic (exact) mass is 354 g/mol. The van der Waals surface area contributed by atoms with E-state index in [-0.39, 0.29) is 46.6 Å². The highest BCUT2D eigenvalue weighted by atomic mass is 28.4. The summed E-state index contributed by atoms with van der Waals surface area (Å²) in [7, 11) is -1.97. The second-order valence-electron chi connectivity index (χ2n) is 9.96. The Labute approximate surface area is 145 Å². The van der Waals surface area contributed by atoms with Crippen molar-refractivity contribution in [1.82, 2.24) is 0 Å². The quantitative estimate of drug-likeness (QED) is 0.609. The first-order valence-corrected chi connectivity index (χ1v) is 12.0. The maximum Gasteiger partial charge on any atom is 0.192 e. The van der Waals surface area contributed by atoms with Crippen LogP contribution in [0.2, 0.25) is 18.1 Å². The van der Waals surface area contributed by atoms with Crippen molar-refractivity contribution in [1.29, 1.82) is 0 Å². The Morgan fingerprint density at radius 1 is 1.33 bits per heavy atom. The van der Waals surface area contributed by atoms with Crippen LogP contribution in [0.15, 0.2) is 0 Å². The lowest BCUT2D eigenvalue weighted by atomic mass is 9.51. The van der Waals surface area contributed by atoms with Gasteiger partial charge in [0.05, 0.1) is 18.8 Å². The van der Waals surface area contributed by atoms with E-state index in [1.807, 2.05) is 0 Å². The summed E-state index contributed by atoms with van der Waals surface area (Å²) in [5.74, 6) is -0.00181. The maximum absolute atomic E-state index is 12.3. The number of epoxide rings is 1. The fraction of sp³-hybridized carbons (Fsp3) is 0.944. The maximum atomic E-state index is 12.3. The van der Waals surface area contributed by atoms with Crippen molar-refractivity contribution in [2.45, 2.75) is 88.7 Å². The molecule has 7 atom stereocenters. The van der Waals surface area contributed by atoms with Crippen molar-refractivity contribution in [2.24, 2.45) is 11.3 Å². The molecule has 2 saturated carbocycles. The Morgan fingerprint density at radius 2 is 2.00 bits per heavy atom. The number of rotatable bonds is 2. The SMILES string of the molecule is CC(C)(C)[Si](C)(C)O[C@H]1C[C@H]2OC[C@@]2(O)[C@H]2CC(=O)[C@@H]3O[C@@H]3[C@]12C. The number of aliphatic hydroxyl groups is 1. The van der Waals surface area contributed by atoms with Crippen molar-refractivity contribution in [3.63, 3.8) is 0 Å². The van der Waals surface area contributed by atoms with E-state index in [1.165, 1.54) is 0 Å². The second kappa shape index (κ2) is 4.71. The van der Waals surface area contributed by atoms with Gasteiger partial charge in [-0.2, -0.15) is 0 Å². The minimum atomic E-state index is -1.97. The van der Waals surface area contributed by atoms with Gasteiger partial charge in [-0.25, -0.2) is 0 Å². The predicted octanol–water partition coefficient (Wildman–Crippen LogP) is 2.27. The number of carbonyl (C=O) groups is 1. The molecule has 4 aliphatic rings. The van der Waals surface area contributed by atoms with Crippen LogP contribution in [0.4, 0.5) is 0 Å². The van der Waals surface area contributed by atoms with Crippen molar-refractivity contribution in [3.05, 3.63) is 0 Å². The molecular weight excluding hydrogens is 324 g/mol. The Morgan fingerprint density at radius 3 is 2.54 bits per heavy atom. The summed E-state index contributed by atoms with van der Waals surface area (Å²) in [4.78, 5) is 12.3. The standard InChI is InChI=1S/C18H30O5Si/c1-16(2,3)24(5,6)23-12-8-13-18(20,9-21-13)11-7-10(19)14-15(22-14)17(11,12)4/h11-15,20H,7-9H2,1-6H3/t11-,12-,13+,14-,15-,17-,18+/m0/s1. The van der Waals surface area contributed by atoms with Gasteiger partial charge in [0.1, 0.15) is 17.8 Å². The summed E-state index contributed by atoms with van der Waals surface area (Å²) in [6, 6.07) is 0. The molecule has 2 aliphatic carbocycles. The van der Waals surface area contributed by atoms with Gasteiger partial charge in [0.25, 0.3) is 0 Å². The third-order valence-corrected chi connectivity index (χ3v) is 12.1. The fourth-order valence-electron chi connectivity index (χ4n) is 4.81. The van der Waals surface area contributed by atoms with Crippen molar-refractivity contribution < 1.29 is 23.8 Å². The molecule has 4 rings (SSSR count). The zero-order valence-electron chi connectivity index (χ0n) is 15.6. The van der Waals surface area contributed by atoms with E-state index in [0.717, 1.165) is 0 Å². The molecule has 2 aliphatic heterocycles. The molecule has 0 unspecified atom stereocenters. The van der Waals surface area contributed by atoms with Gasteiger partial charge >= 0.3 is 0 Å². The number of fused-ring (bicyclic) bond motifs is 5. The molecule has 4 fully saturated rings. The molecule has 2 saturated heterocycles. The smallest absolute Gasteiger partial charge is 0.192 e. The lowest BCUT2D eigenvalue weighted by molar-refractivity contribution is -0.319. The average Bonchev–Trinajstić information content (AvgIpc) is 3.24. The molecule has 0 spiro atoms. The van der Waals surface area contributed by atoms with E-state index >= 15 is 0 Å². The molecule has 0 radical (unpaired) electrons. The van der Waals surface area contributed by atoms with Crippen LogP contribution in [-0.4, -0.2) is 55.8 Å². The number of carbonyl (C=O) groups excluding carboxylic acids is 1. The molecule has 0 bridgehead atoms. The van der Waals surface area contributed by atoms with Crippen LogP contribution in [0, 0.1) is 11.3 Å². The van der Waals surface area contributed by atoms with Crippen LogP contribution in [0.25, 0.3) is 0 Å². The Balaban J connectivity index is 1.69. The first kappa shape index (κ1) is 17.2. The zero-order valence-corrected chi connectivity index (χ0v) is 16.6. The summed E-state index contributed by atoms with van der Waals surface area (Å²) in [5.41, 5.74) is -1.21. The lowest BCUT2D eigenvalue weighted by Crippen LogP contribution is -2.75. The summed E-state index contributed by atoms with van der Waals surface area (Å²) in [6.07, 6.45) is 0.440. The Kier molecular flexibility index (Phi) is 3.37. The van der Waals surface area contributed by atoms with Gasteiger partial charge in [0.15, 0.2) is 14.1 Å². The number of hydrogen-bond acceptors (Lipinski definition) is 5. The zero-order chi connectivity index (χ0) is 17.7. The first-order valence-electron chi connectivity index (χ1n) is 9.11. The van der Waals surface area contributed by atoms with Crippen LogP contribution in [-0.2, 0) is 18.7 Å². The lowest BCUT2D eigenvalue weighted by Gasteiger charge is -2.63. The largest absolute Gasteiger partial charge is 0.413 e. The molecule has 0 aromatic rings. The summed E-state index contributed by atoms with van der Waals surface area (Å²) in [6.45, 7) is 13.7. The van der Waals surface area contributed by atoms with Crippen LogP contribution < -0.4 is 0 Å². The highest BCUT2D eigenvalue weighted by molar-refractivity contribution is 6.74. The van der Waals surface area contributed by atoms with Crippen molar-refractivity contribution >= 4 is 14.1 Å². The summed E-state index contributed by atoms with van der Waals surface area (Å²) >= 11 is 0. The second-order valence-corrected chi connectivity index (χ2v) is 14.7. The van der Waals surface area contributed by atoms with E-state index < -0.39 is 13.9 Å². The Bertz CT molecular complexity index is 584. The number of ketones is 1. The average molecular weight is 355 g/mol. The highest BCUT2D eigenvalue weighted by Crippen LogP contribution is 2.63. The molecule has 5 nitrogen and oxygen atoms in total. The minimum absolute atomic E-state index is 0.0305. The van der Waals surface area contributed by atoms with E-state index in [1.54, 1.807) is 0 Å². The van der Waals surface area contributed by atoms with E-state index in [9.17, 15) is 9.90 Å². The van der Waals surface area contributed by atoms with Gasteiger partial charge in [-0.05, 0) is 18.1 Å². The van der Waals surface area contributed by atoms with Gasteiger partial charge in [-0.3, -0.25) is 4.79 Å². The molecule has 0 aromatic heterocycles. The van der Waals surface area contributed by atoms with Crippen molar-refractivity contribution in [3.8, 4) is 0 Å². The van der Waals surface area contributed by atoms with Gasteiger partial charge < -0.3 is 19.0 Å². The van der Waals surface area contributed by atoms with Crippen LogP contribution in [0.5, 0.6) is 0 Å². The number of ether oxygens (including phenoxy) is 2. The molecular formula is C18H30O5Si. The van der Waals surface area contributed by atoms with Crippen LogP contribution in [0.3, 0.4) is 0 Å². The van der Waals surface area contributed by atoms with E-state index in [2.05, 4.69) is 40.8 Å². The summed E-state index contributed by atoms with van der Waals surface area (Å²) < 4.78 is 18.3. The third kappa shape index (κ3) is 2.03. The van der Waals surface area contributed by atoms with Gasteiger partial charge in [0.2, 0.25) is 0 Å². The van der Waals surface area contributed by atoms with Gasteiger partial charge in [-0.1, -0.05) is 27.7 Å². The number of Topliss-reactive ketones (excluding diaryl/α,β-unsaturated/α-hetero) is 1. The Hall–Kier alpha value is -0.273. The predicted molar refractivity (Wildman–Crippen MR) is 91.3 cm³/mol. The van der Waals surface area contributed by atoms with Crippen LogP contribution >= 0.6 is 0 Å². The minimum Gasteiger partial charge on any atom is -0.413 e. The number of hydrogen-bond donors (Lipinski definition) is 1. The van der Waals surface area contributed by atoms with Gasteiger partial charge in [-0.15, -0.1) is 0 Å². The first-order chi connectivity index (χ1) is 10.9. The molecule has 24 heavy (non-hydrogen) atoms. The summed E-state index contributed by atoms with van der Waals surface area (Å²) in [5, 5.41) is 11.3. The normalized spacial score (nSPS) is 50.5. The molecule has 2 heterocycles. The molecule has 0 aromatic carbocycles. The highest BCUT2D eigenvalue weighted by Gasteiger charge is 2.75. The fourth-order valence-corrected chi connectivity index (χ4v) is 6.23. The van der Waals surface area contributed by atoms with Crippen molar-refractivity contribution in [2.75, 3.05) is 6.61 Å².